The molecule has 9 heteroatoms. The summed E-state index contributed by atoms with van der Waals surface area (Å²) >= 11 is 7.32. The van der Waals surface area contributed by atoms with Gasteiger partial charge in [-0.1, -0.05) is 11.6 Å². The quantitative estimate of drug-likeness (QED) is 0.800. The Bertz CT molecular complexity index is 714. The Morgan fingerprint density at radius 1 is 1.52 bits per heavy atom. The monoisotopic (exact) mass is 383 g/mol. The highest BCUT2D eigenvalue weighted by atomic mass is 35.5. The number of carbonyl (C=O) groups excluding carboxylic acids is 3. The van der Waals surface area contributed by atoms with E-state index in [0.29, 0.717) is 23.0 Å². The first-order valence-corrected chi connectivity index (χ1v) is 9.25. The number of nitrogens with zero attached hydrogens (tertiary/aromatic N) is 2. The number of nitrogens with one attached hydrogen (secondary N) is 1. The smallest absolute Gasteiger partial charge is 0.330 e. The Kier molecular flexibility index (Phi) is 4.92. The first kappa shape index (κ1) is 18.0. The first-order valence-electron chi connectivity index (χ1n) is 7.89. The van der Waals surface area contributed by atoms with Crippen LogP contribution in [0.5, 0.6) is 0 Å². The molecule has 7 nitrogen and oxygen atoms in total. The summed E-state index contributed by atoms with van der Waals surface area (Å²) in [6.07, 6.45) is 1.56. The van der Waals surface area contributed by atoms with Gasteiger partial charge in [0.15, 0.2) is 6.10 Å². The molecule has 3 rings (SSSR count). The number of ether oxygens (including phenoxy) is 1. The molecule has 2 aliphatic rings. The van der Waals surface area contributed by atoms with Crippen molar-refractivity contribution in [2.24, 2.45) is 0 Å². The average molecular weight is 384 g/mol. The average Bonchev–Trinajstić information content (AvgIpc) is 3.06. The molecule has 134 valence electrons. The van der Waals surface area contributed by atoms with Crippen LogP contribution in [0.15, 0.2) is 18.3 Å². The van der Waals surface area contributed by atoms with Crippen molar-refractivity contribution in [3.8, 4) is 0 Å². The van der Waals surface area contributed by atoms with Crippen molar-refractivity contribution < 1.29 is 19.1 Å². The van der Waals surface area contributed by atoms with Gasteiger partial charge < -0.3 is 15.0 Å². The third-order valence-electron chi connectivity index (χ3n) is 4.36. The number of hydrogen-bond donors (Lipinski definition) is 1. The molecule has 2 fully saturated rings. The highest BCUT2D eigenvalue weighted by Gasteiger charge is 2.53. The Balaban J connectivity index is 1.59. The summed E-state index contributed by atoms with van der Waals surface area (Å²) in [7, 11) is 0. The fourth-order valence-corrected chi connectivity index (χ4v) is 4.51. The van der Waals surface area contributed by atoms with Gasteiger partial charge in [0.25, 0.3) is 5.91 Å². The summed E-state index contributed by atoms with van der Waals surface area (Å²) in [5, 5.41) is 3.01. The van der Waals surface area contributed by atoms with Gasteiger partial charge in [-0.25, -0.2) is 9.78 Å². The van der Waals surface area contributed by atoms with E-state index in [1.165, 1.54) is 13.1 Å². The minimum atomic E-state index is -1.00. The minimum absolute atomic E-state index is 0.0445. The molecule has 3 heterocycles. The maximum atomic E-state index is 12.4. The van der Waals surface area contributed by atoms with Gasteiger partial charge in [0.1, 0.15) is 11.9 Å². The molecule has 0 spiro atoms. The lowest BCUT2D eigenvalue weighted by Crippen LogP contribution is -2.48. The lowest BCUT2D eigenvalue weighted by Gasteiger charge is -2.29. The molecule has 2 aliphatic heterocycles. The number of hydrogen-bond acceptors (Lipinski definition) is 6. The normalized spacial score (nSPS) is 26.3. The van der Waals surface area contributed by atoms with Crippen LogP contribution in [-0.2, 0) is 19.1 Å². The second kappa shape index (κ2) is 6.84. The number of halogens is 1. The lowest BCUT2D eigenvalue weighted by atomic mass is 10.2. The van der Waals surface area contributed by atoms with Crippen LogP contribution in [0.25, 0.3) is 0 Å². The van der Waals surface area contributed by atoms with E-state index in [1.54, 1.807) is 28.8 Å². The van der Waals surface area contributed by atoms with Crippen molar-refractivity contribution in [2.45, 2.75) is 43.7 Å². The summed E-state index contributed by atoms with van der Waals surface area (Å²) < 4.78 is 5.28. The maximum absolute atomic E-state index is 12.4. The van der Waals surface area contributed by atoms with E-state index >= 15 is 0 Å². The Morgan fingerprint density at radius 2 is 2.28 bits per heavy atom. The standard InChI is InChI=1S/C16H18ClN3O4S/c1-9(14(22)19-12-4-3-10(17)7-18-12)24-15(23)11-8-25-16(2)6-5-13(21)20(11)16/h3-4,7,9,11H,5-6,8H2,1-2H3,(H,18,19,22)/t9-,11-,16-/m0/s1. The number of thioether (sulfide) groups is 1. The van der Waals surface area contributed by atoms with Crippen LogP contribution in [0.2, 0.25) is 5.02 Å². The predicted molar refractivity (Wildman–Crippen MR) is 94.2 cm³/mol. The second-order valence-electron chi connectivity index (χ2n) is 6.20. The SMILES string of the molecule is C[C@H](OC(=O)[C@@H]1CS[C@@]2(C)CCC(=O)N12)C(=O)Nc1ccc(Cl)cn1. The van der Waals surface area contributed by atoms with Crippen molar-refractivity contribution in [3.05, 3.63) is 23.4 Å². The number of carbonyl (C=O) groups is 3. The molecule has 2 saturated heterocycles. The second-order valence-corrected chi connectivity index (χ2v) is 8.13. The minimum Gasteiger partial charge on any atom is -0.451 e. The number of pyridine rings is 1. The molecule has 1 N–H and O–H groups in total. The zero-order chi connectivity index (χ0) is 18.2. The van der Waals surface area contributed by atoms with Crippen LogP contribution in [-0.4, -0.2) is 50.4 Å². The highest BCUT2D eigenvalue weighted by Crippen LogP contribution is 2.47. The Morgan fingerprint density at radius 3 is 2.96 bits per heavy atom. The zero-order valence-electron chi connectivity index (χ0n) is 13.8. The van der Waals surface area contributed by atoms with Crippen LogP contribution >= 0.6 is 23.4 Å². The Labute approximate surface area is 154 Å². The summed E-state index contributed by atoms with van der Waals surface area (Å²) in [6.45, 7) is 3.44. The van der Waals surface area contributed by atoms with Crippen molar-refractivity contribution in [1.29, 1.82) is 0 Å². The molecular formula is C16H18ClN3O4S. The van der Waals surface area contributed by atoms with Gasteiger partial charge in [0.2, 0.25) is 5.91 Å². The third-order valence-corrected chi connectivity index (χ3v) is 6.09. The van der Waals surface area contributed by atoms with E-state index in [2.05, 4.69) is 10.3 Å². The lowest BCUT2D eigenvalue weighted by molar-refractivity contribution is -0.160. The molecule has 0 radical (unpaired) electrons. The van der Waals surface area contributed by atoms with Gasteiger partial charge in [0, 0.05) is 18.4 Å². The van der Waals surface area contributed by atoms with E-state index < -0.39 is 24.0 Å². The van der Waals surface area contributed by atoms with Crippen LogP contribution in [0, 0.1) is 0 Å². The molecule has 3 atom stereocenters. The third kappa shape index (κ3) is 3.59. The van der Waals surface area contributed by atoms with E-state index in [-0.39, 0.29) is 10.8 Å². The largest absolute Gasteiger partial charge is 0.451 e. The highest BCUT2D eigenvalue weighted by molar-refractivity contribution is 8.01. The van der Waals surface area contributed by atoms with Crippen LogP contribution in [0.4, 0.5) is 5.82 Å². The number of anilines is 1. The fourth-order valence-electron chi connectivity index (χ4n) is 2.98. The van der Waals surface area contributed by atoms with Crippen molar-refractivity contribution >= 4 is 47.0 Å². The van der Waals surface area contributed by atoms with Crippen molar-refractivity contribution in [3.63, 3.8) is 0 Å². The summed E-state index contributed by atoms with van der Waals surface area (Å²) in [5.74, 6) is -0.302. The molecule has 25 heavy (non-hydrogen) atoms. The van der Waals surface area contributed by atoms with E-state index in [0.717, 1.165) is 6.42 Å². The van der Waals surface area contributed by atoms with Crippen molar-refractivity contribution in [1.82, 2.24) is 9.88 Å². The van der Waals surface area contributed by atoms with E-state index in [9.17, 15) is 14.4 Å². The number of rotatable bonds is 4. The predicted octanol–water partition coefficient (Wildman–Crippen LogP) is 2.06. The van der Waals surface area contributed by atoms with E-state index in [1.807, 2.05) is 6.92 Å². The maximum Gasteiger partial charge on any atom is 0.330 e. The summed E-state index contributed by atoms with van der Waals surface area (Å²) in [4.78, 5) is 41.9. The first-order chi connectivity index (χ1) is 11.8. The fraction of sp³-hybridized carbons (Fsp3) is 0.500. The molecule has 0 aliphatic carbocycles. The molecule has 0 unspecified atom stereocenters. The molecule has 0 bridgehead atoms. The van der Waals surface area contributed by atoms with Crippen molar-refractivity contribution in [2.75, 3.05) is 11.1 Å². The van der Waals surface area contributed by atoms with Gasteiger partial charge in [-0.2, -0.15) is 0 Å². The number of fused-ring (bicyclic) bond motifs is 1. The van der Waals surface area contributed by atoms with Gasteiger partial charge in [0.05, 0.1) is 9.89 Å². The summed E-state index contributed by atoms with van der Waals surface area (Å²) in [6, 6.07) is 2.50. The Hall–Kier alpha value is -1.80. The van der Waals surface area contributed by atoms with Gasteiger partial charge in [-0.3, -0.25) is 9.59 Å². The molecular weight excluding hydrogens is 366 g/mol. The molecule has 0 aromatic carbocycles. The molecule has 0 saturated carbocycles. The van der Waals surface area contributed by atoms with E-state index in [4.69, 9.17) is 16.3 Å². The van der Waals surface area contributed by atoms with Gasteiger partial charge in [-0.15, -0.1) is 11.8 Å². The summed E-state index contributed by atoms with van der Waals surface area (Å²) in [5.41, 5.74) is 0. The topological polar surface area (TPSA) is 88.6 Å². The van der Waals surface area contributed by atoms with Crippen LogP contribution in [0.3, 0.4) is 0 Å². The number of esters is 1. The molecule has 2 amide bonds. The zero-order valence-corrected chi connectivity index (χ0v) is 15.4. The van der Waals surface area contributed by atoms with Gasteiger partial charge >= 0.3 is 5.97 Å². The number of aromatic nitrogens is 1. The van der Waals surface area contributed by atoms with Gasteiger partial charge in [-0.05, 0) is 32.4 Å². The molecule has 1 aromatic rings. The molecule has 1 aromatic heterocycles. The number of amides is 2. The van der Waals surface area contributed by atoms with Crippen LogP contribution < -0.4 is 5.32 Å². The van der Waals surface area contributed by atoms with Crippen LogP contribution in [0.1, 0.15) is 26.7 Å².